The van der Waals surface area contributed by atoms with Gasteiger partial charge in [-0.05, 0) is 25.5 Å². The molecule has 2 aromatic rings. The lowest BCUT2D eigenvalue weighted by Crippen LogP contribution is -2.56. The number of thiazole rings is 1. The molecule has 0 amide bonds. The monoisotopic (exact) mass is 410 g/mol. The van der Waals surface area contributed by atoms with Crippen LogP contribution in [0.1, 0.15) is 24.0 Å². The van der Waals surface area contributed by atoms with E-state index in [0.29, 0.717) is 47.9 Å². The van der Waals surface area contributed by atoms with Crippen molar-refractivity contribution in [3.8, 4) is 11.8 Å². The molecule has 0 radical (unpaired) electrons. The first-order chi connectivity index (χ1) is 13.9. The van der Waals surface area contributed by atoms with Crippen LogP contribution in [0.15, 0.2) is 47.3 Å². The second-order valence-electron chi connectivity index (χ2n) is 7.44. The molecule has 2 atom stereocenters. The summed E-state index contributed by atoms with van der Waals surface area (Å²) in [6.45, 7) is 2.90. The number of allylic oxidation sites excluding steroid dienone is 1. The number of aliphatic hydroxyl groups is 1. The van der Waals surface area contributed by atoms with Gasteiger partial charge >= 0.3 is 0 Å². The van der Waals surface area contributed by atoms with Gasteiger partial charge in [-0.3, -0.25) is 9.88 Å². The largest absolute Gasteiger partial charge is 0.497 e. The Kier molecular flexibility index (Phi) is 4.78. The van der Waals surface area contributed by atoms with E-state index in [1.165, 1.54) is 11.3 Å². The molecule has 0 spiro atoms. The van der Waals surface area contributed by atoms with Crippen LogP contribution in [0.2, 0.25) is 0 Å². The number of rotatable bonds is 4. The first kappa shape index (κ1) is 19.4. The van der Waals surface area contributed by atoms with Crippen LogP contribution in [0.25, 0.3) is 5.70 Å². The molecule has 150 valence electrons. The minimum atomic E-state index is -0.890. The number of aromatic nitrogens is 2. The Balaban J connectivity index is 1.87. The number of hydrogen-bond donors (Lipinski definition) is 3. The molecule has 2 aliphatic heterocycles. The number of nitriles is 1. The van der Waals surface area contributed by atoms with E-state index in [1.807, 2.05) is 18.4 Å². The SMILES string of the molecule is COc1ccnc(C2=C(C#N)C(N)=C[C@](c3nccs3)(N3CCC(C)(O)C3)N2)c1. The Labute approximate surface area is 173 Å². The van der Waals surface area contributed by atoms with Crippen molar-refractivity contribution < 1.29 is 9.84 Å². The van der Waals surface area contributed by atoms with Crippen molar-refractivity contribution in [2.24, 2.45) is 5.73 Å². The highest BCUT2D eigenvalue weighted by molar-refractivity contribution is 7.09. The Morgan fingerprint density at radius 3 is 2.86 bits per heavy atom. The van der Waals surface area contributed by atoms with Crippen molar-refractivity contribution in [3.05, 3.63) is 58.0 Å². The predicted octanol–water partition coefficient (Wildman–Crippen LogP) is 1.54. The van der Waals surface area contributed by atoms with Crippen LogP contribution >= 0.6 is 11.3 Å². The van der Waals surface area contributed by atoms with Crippen molar-refractivity contribution >= 4 is 17.0 Å². The van der Waals surface area contributed by atoms with Crippen molar-refractivity contribution in [3.63, 3.8) is 0 Å². The maximum Gasteiger partial charge on any atom is 0.166 e. The van der Waals surface area contributed by atoms with Crippen LogP contribution in [-0.4, -0.2) is 45.8 Å². The maximum atomic E-state index is 10.6. The van der Waals surface area contributed by atoms with Crippen molar-refractivity contribution in [1.82, 2.24) is 20.2 Å². The first-order valence-corrected chi connectivity index (χ1v) is 10.1. The van der Waals surface area contributed by atoms with E-state index in [1.54, 1.807) is 31.6 Å². The minimum Gasteiger partial charge on any atom is -0.497 e. The summed E-state index contributed by atoms with van der Waals surface area (Å²) < 4.78 is 5.32. The Bertz CT molecular complexity index is 1020. The quantitative estimate of drug-likeness (QED) is 0.694. The summed E-state index contributed by atoms with van der Waals surface area (Å²) in [7, 11) is 1.58. The number of hydrogen-bond acceptors (Lipinski definition) is 9. The molecule has 29 heavy (non-hydrogen) atoms. The van der Waals surface area contributed by atoms with Gasteiger partial charge in [0, 0.05) is 36.9 Å². The fraction of sp³-hybridized carbons (Fsp3) is 0.350. The van der Waals surface area contributed by atoms with Gasteiger partial charge in [0.1, 0.15) is 22.4 Å². The summed E-state index contributed by atoms with van der Waals surface area (Å²) in [6, 6.07) is 5.68. The van der Waals surface area contributed by atoms with Gasteiger partial charge in [-0.25, -0.2) is 4.98 Å². The summed E-state index contributed by atoms with van der Waals surface area (Å²) in [6.07, 6.45) is 5.79. The zero-order valence-corrected chi connectivity index (χ0v) is 17.0. The van der Waals surface area contributed by atoms with Crippen LogP contribution in [-0.2, 0) is 5.66 Å². The third kappa shape index (κ3) is 3.35. The molecular weight excluding hydrogens is 388 g/mol. The number of methoxy groups -OCH3 is 1. The van der Waals surface area contributed by atoms with Crippen molar-refractivity contribution in [2.45, 2.75) is 24.6 Å². The average molecular weight is 411 g/mol. The summed E-state index contributed by atoms with van der Waals surface area (Å²) in [5, 5.41) is 26.5. The highest BCUT2D eigenvalue weighted by Gasteiger charge is 2.48. The van der Waals surface area contributed by atoms with Gasteiger partial charge in [0.15, 0.2) is 5.66 Å². The van der Waals surface area contributed by atoms with E-state index in [0.717, 1.165) is 5.01 Å². The zero-order chi connectivity index (χ0) is 20.6. The van der Waals surface area contributed by atoms with Gasteiger partial charge in [-0.2, -0.15) is 5.26 Å². The molecule has 0 saturated carbocycles. The Hall–Kier alpha value is -2.93. The smallest absolute Gasteiger partial charge is 0.166 e. The molecule has 4 rings (SSSR count). The molecule has 0 bridgehead atoms. The number of nitrogens with two attached hydrogens (primary N) is 1. The molecule has 4 N–H and O–H groups in total. The number of ether oxygens (including phenoxy) is 1. The van der Waals surface area contributed by atoms with Gasteiger partial charge in [0.25, 0.3) is 0 Å². The summed E-state index contributed by atoms with van der Waals surface area (Å²) >= 11 is 1.48. The van der Waals surface area contributed by atoms with Crippen LogP contribution in [0.5, 0.6) is 5.75 Å². The molecule has 2 aromatic heterocycles. The van der Waals surface area contributed by atoms with Crippen LogP contribution in [0.3, 0.4) is 0 Å². The molecule has 9 heteroatoms. The second-order valence-corrected chi connectivity index (χ2v) is 8.33. The second kappa shape index (κ2) is 7.15. The molecule has 4 heterocycles. The molecule has 0 aliphatic carbocycles. The molecular formula is C20H22N6O2S. The standard InChI is InChI=1S/C20H22N6O2S/c1-19(27)4-7-26(12-19)20(18-24-6-8-29-18)10-15(22)14(11-21)17(25-20)16-9-13(28-2)3-5-23-16/h3,5-6,8-10,25,27H,4,7,12,22H2,1-2H3/t19?,20-/m1/s1. The van der Waals surface area contributed by atoms with E-state index in [4.69, 9.17) is 10.5 Å². The third-order valence-electron chi connectivity index (χ3n) is 5.26. The first-order valence-electron chi connectivity index (χ1n) is 9.17. The Morgan fingerprint density at radius 2 is 2.24 bits per heavy atom. The lowest BCUT2D eigenvalue weighted by Gasteiger charge is -2.43. The van der Waals surface area contributed by atoms with Gasteiger partial charge in [-0.1, -0.05) is 0 Å². The number of nitrogens with zero attached hydrogens (tertiary/aromatic N) is 4. The van der Waals surface area contributed by atoms with Crippen LogP contribution < -0.4 is 15.8 Å². The number of β-amino-alcohol motifs (C(OH)–C–C–N with tert-alkyl or cyclic N) is 1. The van der Waals surface area contributed by atoms with Crippen LogP contribution in [0.4, 0.5) is 0 Å². The highest BCUT2D eigenvalue weighted by Crippen LogP contribution is 2.41. The summed E-state index contributed by atoms with van der Waals surface area (Å²) in [5.41, 5.74) is 6.37. The highest BCUT2D eigenvalue weighted by atomic mass is 32.1. The predicted molar refractivity (Wildman–Crippen MR) is 109 cm³/mol. The van der Waals surface area contributed by atoms with E-state index in [2.05, 4.69) is 26.3 Å². The lowest BCUT2D eigenvalue weighted by molar-refractivity contribution is 0.0460. The average Bonchev–Trinajstić information content (AvgIpc) is 3.37. The van der Waals surface area contributed by atoms with Gasteiger partial charge in [-0.15, -0.1) is 11.3 Å². The number of pyridine rings is 1. The third-order valence-corrected chi connectivity index (χ3v) is 6.16. The summed E-state index contributed by atoms with van der Waals surface area (Å²) in [5.74, 6) is 0.624. The van der Waals surface area contributed by atoms with Crippen LogP contribution in [0, 0.1) is 11.3 Å². The normalized spacial score (nSPS) is 27.3. The molecule has 1 fully saturated rings. The minimum absolute atomic E-state index is 0.309. The topological polar surface area (TPSA) is 120 Å². The zero-order valence-electron chi connectivity index (χ0n) is 16.2. The summed E-state index contributed by atoms with van der Waals surface area (Å²) in [4.78, 5) is 11.1. The van der Waals surface area contributed by atoms with E-state index in [-0.39, 0.29) is 0 Å². The molecule has 1 unspecified atom stereocenters. The van der Waals surface area contributed by atoms with Gasteiger partial charge in [0.2, 0.25) is 0 Å². The lowest BCUT2D eigenvalue weighted by atomic mass is 9.95. The molecule has 0 aromatic carbocycles. The van der Waals surface area contributed by atoms with E-state index in [9.17, 15) is 10.4 Å². The maximum absolute atomic E-state index is 10.6. The number of likely N-dealkylation sites (tertiary alicyclic amines) is 1. The molecule has 1 saturated heterocycles. The van der Waals surface area contributed by atoms with E-state index < -0.39 is 11.3 Å². The fourth-order valence-corrected chi connectivity index (χ4v) is 4.59. The number of nitrogens with one attached hydrogen (secondary N) is 1. The number of dihydropyridines is 1. The van der Waals surface area contributed by atoms with E-state index >= 15 is 0 Å². The van der Waals surface area contributed by atoms with Crippen molar-refractivity contribution in [1.29, 1.82) is 5.26 Å². The van der Waals surface area contributed by atoms with Gasteiger partial charge < -0.3 is 20.9 Å². The Morgan fingerprint density at radius 1 is 1.41 bits per heavy atom. The molecule has 8 nitrogen and oxygen atoms in total. The fourth-order valence-electron chi connectivity index (χ4n) is 3.80. The van der Waals surface area contributed by atoms with Crippen molar-refractivity contribution in [2.75, 3.05) is 20.2 Å². The molecule has 2 aliphatic rings. The van der Waals surface area contributed by atoms with Gasteiger partial charge in [0.05, 0.1) is 29.8 Å².